The molecule has 19 heavy (non-hydrogen) atoms. The molecule has 1 saturated carbocycles. The molecule has 1 aromatic heterocycles. The molecule has 4 nitrogen and oxygen atoms in total. The first kappa shape index (κ1) is 14.2. The normalized spacial score (nSPS) is 25.8. The van der Waals surface area contributed by atoms with Crippen molar-refractivity contribution in [2.75, 3.05) is 7.11 Å². The third-order valence-electron chi connectivity index (χ3n) is 4.02. The zero-order valence-corrected chi connectivity index (χ0v) is 12.3. The molecule has 0 N–H and O–H groups in total. The lowest BCUT2D eigenvalue weighted by Crippen LogP contribution is -2.39. The van der Waals surface area contributed by atoms with Crippen LogP contribution < -0.4 is 0 Å². The SMILES string of the molecule is COC(=O)[C@H]1CC[C@@H](C(=O)c2nccs2)CC1(C)C. The van der Waals surface area contributed by atoms with Gasteiger partial charge in [0.15, 0.2) is 10.8 Å². The fraction of sp³-hybridized carbons (Fsp3) is 0.643. The highest BCUT2D eigenvalue weighted by molar-refractivity contribution is 7.11. The van der Waals surface area contributed by atoms with Crippen molar-refractivity contribution < 1.29 is 14.3 Å². The van der Waals surface area contributed by atoms with E-state index in [2.05, 4.69) is 4.98 Å². The molecule has 0 saturated heterocycles. The first-order valence-corrected chi connectivity index (χ1v) is 7.35. The second-order valence-corrected chi connectivity index (χ2v) is 6.64. The lowest BCUT2D eigenvalue weighted by molar-refractivity contribution is -0.152. The van der Waals surface area contributed by atoms with Crippen LogP contribution in [0.1, 0.15) is 42.9 Å². The molecule has 1 aliphatic rings. The van der Waals surface area contributed by atoms with E-state index in [9.17, 15) is 9.59 Å². The number of hydrogen-bond acceptors (Lipinski definition) is 5. The van der Waals surface area contributed by atoms with Gasteiger partial charge in [-0.1, -0.05) is 13.8 Å². The highest BCUT2D eigenvalue weighted by Crippen LogP contribution is 2.44. The van der Waals surface area contributed by atoms with Crippen molar-refractivity contribution in [3.05, 3.63) is 16.6 Å². The first-order valence-electron chi connectivity index (χ1n) is 6.47. The number of esters is 1. The zero-order chi connectivity index (χ0) is 14.0. The number of carbonyl (C=O) groups excluding carboxylic acids is 2. The van der Waals surface area contributed by atoms with Crippen LogP contribution in [-0.4, -0.2) is 23.8 Å². The maximum absolute atomic E-state index is 12.3. The minimum absolute atomic E-state index is 0.0259. The van der Waals surface area contributed by atoms with E-state index in [-0.39, 0.29) is 29.0 Å². The summed E-state index contributed by atoms with van der Waals surface area (Å²) >= 11 is 1.38. The molecule has 1 aliphatic carbocycles. The lowest BCUT2D eigenvalue weighted by atomic mass is 9.64. The van der Waals surface area contributed by atoms with Crippen molar-refractivity contribution in [1.29, 1.82) is 0 Å². The van der Waals surface area contributed by atoms with E-state index in [0.29, 0.717) is 17.8 Å². The van der Waals surface area contributed by atoms with E-state index < -0.39 is 0 Å². The van der Waals surface area contributed by atoms with Crippen molar-refractivity contribution in [3.8, 4) is 0 Å². The highest BCUT2D eigenvalue weighted by atomic mass is 32.1. The van der Waals surface area contributed by atoms with E-state index in [1.165, 1.54) is 18.4 Å². The Morgan fingerprint density at radius 2 is 2.16 bits per heavy atom. The van der Waals surface area contributed by atoms with Gasteiger partial charge in [-0.15, -0.1) is 11.3 Å². The van der Waals surface area contributed by atoms with Crippen LogP contribution in [0.4, 0.5) is 0 Å². The van der Waals surface area contributed by atoms with E-state index in [1.807, 2.05) is 19.2 Å². The summed E-state index contributed by atoms with van der Waals surface area (Å²) in [4.78, 5) is 28.2. The summed E-state index contributed by atoms with van der Waals surface area (Å²) in [7, 11) is 1.42. The monoisotopic (exact) mass is 281 g/mol. The number of hydrogen-bond donors (Lipinski definition) is 0. The molecule has 5 heteroatoms. The third kappa shape index (κ3) is 2.86. The molecule has 0 spiro atoms. The molecule has 0 radical (unpaired) electrons. The molecule has 104 valence electrons. The number of Topliss-reactive ketones (excluding diaryl/α,β-unsaturated/α-hetero) is 1. The van der Waals surface area contributed by atoms with Crippen LogP contribution >= 0.6 is 11.3 Å². The highest BCUT2D eigenvalue weighted by Gasteiger charge is 2.43. The van der Waals surface area contributed by atoms with Gasteiger partial charge in [0.05, 0.1) is 13.0 Å². The summed E-state index contributed by atoms with van der Waals surface area (Å²) in [5.41, 5.74) is -0.205. The predicted octanol–water partition coefficient (Wildman–Crippen LogP) is 2.94. The van der Waals surface area contributed by atoms with Crippen molar-refractivity contribution in [2.45, 2.75) is 33.1 Å². The van der Waals surface area contributed by atoms with Gasteiger partial charge < -0.3 is 4.74 Å². The smallest absolute Gasteiger partial charge is 0.309 e. The Kier molecular flexibility index (Phi) is 4.04. The van der Waals surface area contributed by atoms with Gasteiger partial charge >= 0.3 is 5.97 Å². The zero-order valence-electron chi connectivity index (χ0n) is 11.5. The topological polar surface area (TPSA) is 56.3 Å². The van der Waals surface area contributed by atoms with Gasteiger partial charge in [-0.25, -0.2) is 4.98 Å². The lowest BCUT2D eigenvalue weighted by Gasteiger charge is -2.40. The quantitative estimate of drug-likeness (QED) is 0.631. The van der Waals surface area contributed by atoms with Gasteiger partial charge in [0.2, 0.25) is 0 Å². The van der Waals surface area contributed by atoms with Crippen molar-refractivity contribution in [1.82, 2.24) is 4.98 Å². The molecule has 1 heterocycles. The fourth-order valence-electron chi connectivity index (χ4n) is 2.96. The van der Waals surface area contributed by atoms with Crippen molar-refractivity contribution in [3.63, 3.8) is 0 Å². The standard InChI is InChI=1S/C14H19NO3S/c1-14(2)8-9(4-5-10(14)13(17)18-3)11(16)12-15-6-7-19-12/h6-7,9-10H,4-5,8H2,1-3H3/t9-,10-/m1/s1. The Morgan fingerprint density at radius 3 is 2.68 bits per heavy atom. The van der Waals surface area contributed by atoms with Crippen LogP contribution in [0.5, 0.6) is 0 Å². The number of nitrogens with zero attached hydrogens (tertiary/aromatic N) is 1. The summed E-state index contributed by atoms with van der Waals surface area (Å²) in [5, 5.41) is 2.40. The van der Waals surface area contributed by atoms with E-state index >= 15 is 0 Å². The summed E-state index contributed by atoms with van der Waals surface area (Å²) in [6.45, 7) is 4.08. The van der Waals surface area contributed by atoms with Crippen LogP contribution in [0.25, 0.3) is 0 Å². The predicted molar refractivity (Wildman–Crippen MR) is 73.1 cm³/mol. The van der Waals surface area contributed by atoms with Gasteiger partial charge in [-0.05, 0) is 24.7 Å². The molecule has 1 fully saturated rings. The van der Waals surface area contributed by atoms with Gasteiger partial charge in [-0.2, -0.15) is 0 Å². The molecule has 0 unspecified atom stereocenters. The number of ketones is 1. The average Bonchev–Trinajstić information content (AvgIpc) is 2.89. The molecule has 0 bridgehead atoms. The first-order chi connectivity index (χ1) is 8.95. The largest absolute Gasteiger partial charge is 0.469 e. The summed E-state index contributed by atoms with van der Waals surface area (Å²) in [6, 6.07) is 0. The number of rotatable bonds is 3. The van der Waals surface area contributed by atoms with Crippen LogP contribution in [0, 0.1) is 17.3 Å². The molecule has 0 aliphatic heterocycles. The molecule has 0 aromatic carbocycles. The summed E-state index contributed by atoms with van der Waals surface area (Å²) in [5.74, 6) is -0.184. The van der Waals surface area contributed by atoms with Crippen molar-refractivity contribution >= 4 is 23.1 Å². The summed E-state index contributed by atoms with van der Waals surface area (Å²) < 4.78 is 4.86. The Labute approximate surface area is 117 Å². The minimum atomic E-state index is -0.205. The second kappa shape index (κ2) is 5.41. The van der Waals surface area contributed by atoms with Crippen LogP contribution in [0.15, 0.2) is 11.6 Å². The van der Waals surface area contributed by atoms with Crippen LogP contribution in [0.2, 0.25) is 0 Å². The van der Waals surface area contributed by atoms with Crippen LogP contribution in [0.3, 0.4) is 0 Å². The second-order valence-electron chi connectivity index (χ2n) is 5.74. The average molecular weight is 281 g/mol. The number of aromatic nitrogens is 1. The van der Waals surface area contributed by atoms with Gasteiger partial charge in [0, 0.05) is 17.5 Å². The molecule has 1 aromatic rings. The van der Waals surface area contributed by atoms with Gasteiger partial charge in [0.1, 0.15) is 0 Å². The Bertz CT molecular complexity index is 467. The minimum Gasteiger partial charge on any atom is -0.469 e. The maximum atomic E-state index is 12.3. The Morgan fingerprint density at radius 1 is 1.42 bits per heavy atom. The molecule has 2 atom stereocenters. The molecular weight excluding hydrogens is 262 g/mol. The van der Waals surface area contributed by atoms with Crippen molar-refractivity contribution in [2.24, 2.45) is 17.3 Å². The van der Waals surface area contributed by atoms with Crippen LogP contribution in [-0.2, 0) is 9.53 Å². The van der Waals surface area contributed by atoms with E-state index in [0.717, 1.165) is 6.42 Å². The maximum Gasteiger partial charge on any atom is 0.309 e. The number of thiazole rings is 1. The Hall–Kier alpha value is -1.23. The number of methoxy groups -OCH3 is 1. The van der Waals surface area contributed by atoms with E-state index in [4.69, 9.17) is 4.74 Å². The fourth-order valence-corrected chi connectivity index (χ4v) is 3.62. The third-order valence-corrected chi connectivity index (χ3v) is 4.81. The number of carbonyl (C=O) groups is 2. The molecular formula is C14H19NO3S. The van der Waals surface area contributed by atoms with Gasteiger partial charge in [-0.3, -0.25) is 9.59 Å². The Balaban J connectivity index is 2.10. The molecule has 0 amide bonds. The van der Waals surface area contributed by atoms with E-state index in [1.54, 1.807) is 6.20 Å². The summed E-state index contributed by atoms with van der Waals surface area (Å²) in [6.07, 6.45) is 3.82. The van der Waals surface area contributed by atoms with Gasteiger partial charge in [0.25, 0.3) is 0 Å². The molecule has 2 rings (SSSR count). The number of ether oxygens (including phenoxy) is 1.